The molecule has 0 fully saturated rings. The number of amides is 1. The van der Waals surface area contributed by atoms with Crippen molar-refractivity contribution in [1.29, 1.82) is 0 Å². The number of carbonyl (C=O) groups excluding carboxylic acids is 2. The summed E-state index contributed by atoms with van der Waals surface area (Å²) < 4.78 is 19.6. The molecule has 134 valence electrons. The van der Waals surface area contributed by atoms with Gasteiger partial charge in [-0.15, -0.1) is 0 Å². The Balaban J connectivity index is 2.16. The van der Waals surface area contributed by atoms with Crippen LogP contribution in [0.5, 0.6) is 0 Å². The topological polar surface area (TPSA) is 66.8 Å². The van der Waals surface area contributed by atoms with Crippen LogP contribution in [0.2, 0.25) is 0 Å². The van der Waals surface area contributed by atoms with Crippen molar-refractivity contribution >= 4 is 33.5 Å². The molecule has 0 bridgehead atoms. The fourth-order valence-corrected chi connectivity index (χ4v) is 3.15. The molecule has 3 rings (SSSR count). The van der Waals surface area contributed by atoms with Crippen LogP contribution < -0.4 is 4.90 Å². The van der Waals surface area contributed by atoms with Gasteiger partial charge in [0, 0.05) is 10.2 Å². The highest BCUT2D eigenvalue weighted by molar-refractivity contribution is 9.10. The van der Waals surface area contributed by atoms with E-state index in [1.807, 2.05) is 0 Å². The van der Waals surface area contributed by atoms with Crippen LogP contribution in [-0.2, 0) is 14.3 Å². The fourth-order valence-electron chi connectivity index (χ4n) is 2.88. The van der Waals surface area contributed by atoms with Crippen LogP contribution in [0.3, 0.4) is 0 Å². The molecule has 5 nitrogen and oxygen atoms in total. The lowest BCUT2D eigenvalue weighted by Crippen LogP contribution is -2.31. The summed E-state index contributed by atoms with van der Waals surface area (Å²) in [7, 11) is 0. The number of aliphatic hydroxyl groups excluding tert-OH is 1. The number of anilines is 1. The highest BCUT2D eigenvalue weighted by Crippen LogP contribution is 2.41. The van der Waals surface area contributed by atoms with Crippen molar-refractivity contribution in [3.05, 3.63) is 75.7 Å². The van der Waals surface area contributed by atoms with Gasteiger partial charge >= 0.3 is 5.97 Å². The lowest BCUT2D eigenvalue weighted by atomic mass is 9.99. The molecule has 26 heavy (non-hydrogen) atoms. The van der Waals surface area contributed by atoms with Crippen LogP contribution in [0.1, 0.15) is 18.5 Å². The van der Waals surface area contributed by atoms with E-state index in [-0.39, 0.29) is 12.2 Å². The number of ether oxygens (including phenoxy) is 1. The quantitative estimate of drug-likeness (QED) is 0.758. The van der Waals surface area contributed by atoms with Gasteiger partial charge in [-0.05, 0) is 48.9 Å². The van der Waals surface area contributed by atoms with Gasteiger partial charge in [-0.2, -0.15) is 0 Å². The SMILES string of the molecule is CCOC(=O)C1=C(O)C(=O)N(c2ccc(Br)cc2)C1c1cccc(F)c1. The van der Waals surface area contributed by atoms with Gasteiger partial charge < -0.3 is 9.84 Å². The molecule has 0 aliphatic carbocycles. The third kappa shape index (κ3) is 3.22. The zero-order chi connectivity index (χ0) is 18.8. The van der Waals surface area contributed by atoms with E-state index < -0.39 is 29.5 Å². The number of rotatable bonds is 4. The second kappa shape index (κ2) is 7.29. The van der Waals surface area contributed by atoms with E-state index in [1.54, 1.807) is 37.3 Å². The lowest BCUT2D eigenvalue weighted by Gasteiger charge is -2.26. The van der Waals surface area contributed by atoms with Crippen LogP contribution in [0, 0.1) is 5.82 Å². The number of hydrogen-bond donors (Lipinski definition) is 1. The summed E-state index contributed by atoms with van der Waals surface area (Å²) in [6, 6.07) is 11.3. The number of benzene rings is 2. The van der Waals surface area contributed by atoms with E-state index in [4.69, 9.17) is 4.74 Å². The standard InChI is InChI=1S/C19H15BrFNO4/c1-2-26-19(25)15-16(11-4-3-5-13(21)10-11)22(18(24)17(15)23)14-8-6-12(20)7-9-14/h3-10,16,23H,2H2,1H3. The highest BCUT2D eigenvalue weighted by atomic mass is 79.9. The molecule has 1 unspecified atom stereocenters. The Labute approximate surface area is 157 Å². The van der Waals surface area contributed by atoms with Crippen LogP contribution >= 0.6 is 15.9 Å². The molecule has 7 heteroatoms. The van der Waals surface area contributed by atoms with Crippen LogP contribution in [0.25, 0.3) is 0 Å². The molecule has 0 saturated heterocycles. The molecule has 1 atom stereocenters. The van der Waals surface area contributed by atoms with Gasteiger partial charge in [-0.3, -0.25) is 9.69 Å². The van der Waals surface area contributed by atoms with E-state index in [0.29, 0.717) is 11.3 Å². The maximum Gasteiger partial charge on any atom is 0.340 e. The predicted molar refractivity (Wildman–Crippen MR) is 97.1 cm³/mol. The Bertz CT molecular complexity index is 895. The van der Waals surface area contributed by atoms with E-state index >= 15 is 0 Å². The number of hydrogen-bond acceptors (Lipinski definition) is 4. The molecule has 0 aromatic heterocycles. The highest BCUT2D eigenvalue weighted by Gasteiger charge is 2.45. The van der Waals surface area contributed by atoms with Crippen molar-refractivity contribution < 1.29 is 23.8 Å². The van der Waals surface area contributed by atoms with Gasteiger partial charge in [0.1, 0.15) is 11.4 Å². The first-order valence-corrected chi connectivity index (χ1v) is 8.68. The molecule has 1 aliphatic heterocycles. The molecule has 1 amide bonds. The maximum atomic E-state index is 13.8. The van der Waals surface area contributed by atoms with Crippen molar-refractivity contribution in [2.45, 2.75) is 13.0 Å². The molecule has 0 radical (unpaired) electrons. The average molecular weight is 420 g/mol. The molecule has 0 spiro atoms. The van der Waals surface area contributed by atoms with Gasteiger partial charge in [0.15, 0.2) is 5.76 Å². The second-order valence-electron chi connectivity index (χ2n) is 5.59. The largest absolute Gasteiger partial charge is 0.503 e. The fraction of sp³-hybridized carbons (Fsp3) is 0.158. The average Bonchev–Trinajstić information content (AvgIpc) is 2.88. The number of carbonyl (C=O) groups is 2. The number of halogens is 2. The van der Waals surface area contributed by atoms with Crippen molar-refractivity contribution in [2.75, 3.05) is 11.5 Å². The molecule has 1 heterocycles. The lowest BCUT2D eigenvalue weighted by molar-refractivity contribution is -0.139. The minimum Gasteiger partial charge on any atom is -0.503 e. The van der Waals surface area contributed by atoms with Crippen LogP contribution in [0.15, 0.2) is 64.3 Å². The van der Waals surface area contributed by atoms with Gasteiger partial charge in [0.25, 0.3) is 5.91 Å². The number of esters is 1. The van der Waals surface area contributed by atoms with E-state index in [2.05, 4.69) is 15.9 Å². The zero-order valence-electron chi connectivity index (χ0n) is 13.8. The molecule has 1 N–H and O–H groups in total. The summed E-state index contributed by atoms with van der Waals surface area (Å²) in [5, 5.41) is 10.3. The Morgan fingerprint density at radius 3 is 2.58 bits per heavy atom. The predicted octanol–water partition coefficient (Wildman–Crippen LogP) is 4.05. The van der Waals surface area contributed by atoms with Crippen molar-refractivity contribution in [1.82, 2.24) is 0 Å². The van der Waals surface area contributed by atoms with Crippen LogP contribution in [-0.4, -0.2) is 23.6 Å². The second-order valence-corrected chi connectivity index (χ2v) is 6.51. The molecular weight excluding hydrogens is 405 g/mol. The Morgan fingerprint density at radius 2 is 1.96 bits per heavy atom. The van der Waals surface area contributed by atoms with Crippen molar-refractivity contribution in [2.24, 2.45) is 0 Å². The first-order chi connectivity index (χ1) is 12.4. The Kier molecular flexibility index (Phi) is 5.08. The summed E-state index contributed by atoms with van der Waals surface area (Å²) >= 11 is 3.32. The summed E-state index contributed by atoms with van der Waals surface area (Å²) in [6.07, 6.45) is 0. The maximum absolute atomic E-state index is 13.8. The zero-order valence-corrected chi connectivity index (χ0v) is 15.4. The normalized spacial score (nSPS) is 17.0. The molecule has 0 saturated carbocycles. The van der Waals surface area contributed by atoms with Gasteiger partial charge in [-0.1, -0.05) is 28.1 Å². The smallest absolute Gasteiger partial charge is 0.340 e. The van der Waals surface area contributed by atoms with Crippen molar-refractivity contribution in [3.63, 3.8) is 0 Å². The molecule has 2 aromatic rings. The van der Waals surface area contributed by atoms with Gasteiger partial charge in [0.05, 0.1) is 12.6 Å². The Morgan fingerprint density at radius 1 is 1.27 bits per heavy atom. The number of nitrogens with zero attached hydrogens (tertiary/aromatic N) is 1. The summed E-state index contributed by atoms with van der Waals surface area (Å²) in [5.74, 6) is -2.77. The minimum atomic E-state index is -0.988. The Hall–Kier alpha value is -2.67. The summed E-state index contributed by atoms with van der Waals surface area (Å²) in [4.78, 5) is 26.3. The first kappa shape index (κ1) is 18.1. The van der Waals surface area contributed by atoms with Gasteiger partial charge in [-0.25, -0.2) is 9.18 Å². The third-order valence-corrected chi connectivity index (χ3v) is 4.50. The van der Waals surface area contributed by atoms with E-state index in [9.17, 15) is 19.1 Å². The first-order valence-electron chi connectivity index (χ1n) is 7.89. The van der Waals surface area contributed by atoms with E-state index in [0.717, 1.165) is 4.47 Å². The summed E-state index contributed by atoms with van der Waals surface area (Å²) in [5.41, 5.74) is 0.608. The van der Waals surface area contributed by atoms with Gasteiger partial charge in [0.2, 0.25) is 0 Å². The number of aliphatic hydroxyl groups is 1. The summed E-state index contributed by atoms with van der Waals surface area (Å²) in [6.45, 7) is 1.70. The van der Waals surface area contributed by atoms with E-state index in [1.165, 1.54) is 23.1 Å². The third-order valence-electron chi connectivity index (χ3n) is 3.97. The monoisotopic (exact) mass is 419 g/mol. The molecule has 1 aliphatic rings. The molecular formula is C19H15BrFNO4. The van der Waals surface area contributed by atoms with Crippen LogP contribution in [0.4, 0.5) is 10.1 Å². The minimum absolute atomic E-state index is 0.0813. The van der Waals surface area contributed by atoms with Crippen molar-refractivity contribution in [3.8, 4) is 0 Å². The molecule has 2 aromatic carbocycles.